The van der Waals surface area contributed by atoms with Gasteiger partial charge in [0.05, 0.1) is 18.6 Å². The van der Waals surface area contributed by atoms with Crippen LogP contribution in [0.3, 0.4) is 0 Å². The summed E-state index contributed by atoms with van der Waals surface area (Å²) in [6.07, 6.45) is 1.71. The molecule has 0 saturated carbocycles. The van der Waals surface area contributed by atoms with E-state index in [1.165, 1.54) is 0 Å². The number of aromatic nitrogens is 3. The standard InChI is InChI=1S/C19H17N5O2.2ClH/c20-13-4-1-3-12(11-13)17-22-15-14-5-2-6-21-19(14)26-16(15)18(23-17)24-7-9-25-10-8-24;;/h1-6,11H,7-10,20H2;2*1H. The molecule has 2 N–H and O–H groups in total. The van der Waals surface area contributed by atoms with E-state index in [2.05, 4.69) is 9.88 Å². The summed E-state index contributed by atoms with van der Waals surface area (Å²) in [7, 11) is 0. The minimum Gasteiger partial charge on any atom is -0.432 e. The summed E-state index contributed by atoms with van der Waals surface area (Å²) in [6, 6.07) is 11.4. The Kier molecular flexibility index (Phi) is 5.88. The highest BCUT2D eigenvalue weighted by atomic mass is 35.5. The van der Waals surface area contributed by atoms with Crippen molar-refractivity contribution in [2.24, 2.45) is 0 Å². The maximum Gasteiger partial charge on any atom is 0.229 e. The quantitative estimate of drug-likeness (QED) is 0.495. The van der Waals surface area contributed by atoms with E-state index in [-0.39, 0.29) is 24.8 Å². The van der Waals surface area contributed by atoms with Crippen molar-refractivity contribution < 1.29 is 9.15 Å². The van der Waals surface area contributed by atoms with Gasteiger partial charge in [0, 0.05) is 30.5 Å². The summed E-state index contributed by atoms with van der Waals surface area (Å²) in [4.78, 5) is 16.1. The van der Waals surface area contributed by atoms with Crippen LogP contribution in [0.15, 0.2) is 47.0 Å². The molecule has 9 heteroatoms. The van der Waals surface area contributed by atoms with Gasteiger partial charge >= 0.3 is 0 Å². The Morgan fingerprint density at radius 3 is 2.61 bits per heavy atom. The first-order valence-electron chi connectivity index (χ1n) is 8.53. The first kappa shape index (κ1) is 20.1. The second-order valence-electron chi connectivity index (χ2n) is 6.23. The maximum absolute atomic E-state index is 6.01. The monoisotopic (exact) mass is 419 g/mol. The van der Waals surface area contributed by atoms with E-state index in [1.54, 1.807) is 6.20 Å². The zero-order chi connectivity index (χ0) is 17.5. The smallest absolute Gasteiger partial charge is 0.229 e. The molecule has 0 bridgehead atoms. The van der Waals surface area contributed by atoms with E-state index in [0.717, 1.165) is 35.4 Å². The number of morpholine rings is 1. The molecular weight excluding hydrogens is 401 g/mol. The van der Waals surface area contributed by atoms with Gasteiger partial charge in [0.2, 0.25) is 5.71 Å². The average Bonchev–Trinajstić information content (AvgIpc) is 3.06. The van der Waals surface area contributed by atoms with Gasteiger partial charge in [-0.25, -0.2) is 15.0 Å². The van der Waals surface area contributed by atoms with E-state index >= 15 is 0 Å². The third-order valence-electron chi connectivity index (χ3n) is 4.53. The molecule has 7 nitrogen and oxygen atoms in total. The number of fused-ring (bicyclic) bond motifs is 3. The lowest BCUT2D eigenvalue weighted by atomic mass is 10.2. The Bertz CT molecular complexity index is 1110. The Hall–Kier alpha value is -2.61. The number of halogens is 2. The summed E-state index contributed by atoms with van der Waals surface area (Å²) in [6.45, 7) is 2.84. The average molecular weight is 420 g/mol. The zero-order valence-electron chi connectivity index (χ0n) is 14.9. The summed E-state index contributed by atoms with van der Waals surface area (Å²) in [5.41, 5.74) is 9.49. The van der Waals surface area contributed by atoms with Gasteiger partial charge in [-0.15, -0.1) is 24.8 Å². The molecule has 0 spiro atoms. The van der Waals surface area contributed by atoms with Crippen molar-refractivity contribution in [3.63, 3.8) is 0 Å². The second kappa shape index (κ2) is 8.18. The topological polar surface area (TPSA) is 90.3 Å². The van der Waals surface area contributed by atoms with Crippen LogP contribution in [0.5, 0.6) is 0 Å². The van der Waals surface area contributed by atoms with Crippen molar-refractivity contribution in [1.29, 1.82) is 0 Å². The molecule has 5 rings (SSSR count). The summed E-state index contributed by atoms with van der Waals surface area (Å²) in [5.74, 6) is 1.39. The first-order valence-corrected chi connectivity index (χ1v) is 8.53. The van der Waals surface area contributed by atoms with Crippen LogP contribution >= 0.6 is 24.8 Å². The van der Waals surface area contributed by atoms with Crippen LogP contribution in [0, 0.1) is 0 Å². The van der Waals surface area contributed by atoms with E-state index in [1.807, 2.05) is 36.4 Å². The van der Waals surface area contributed by atoms with Crippen molar-refractivity contribution in [3.8, 4) is 11.4 Å². The number of pyridine rings is 1. The third kappa shape index (κ3) is 3.44. The Morgan fingerprint density at radius 2 is 1.82 bits per heavy atom. The molecule has 4 heterocycles. The van der Waals surface area contributed by atoms with E-state index in [9.17, 15) is 0 Å². The summed E-state index contributed by atoms with van der Waals surface area (Å²) < 4.78 is 11.5. The number of nitrogen functional groups attached to an aromatic ring is 1. The van der Waals surface area contributed by atoms with E-state index in [0.29, 0.717) is 36.0 Å². The molecule has 1 fully saturated rings. The maximum atomic E-state index is 6.01. The number of anilines is 2. The normalized spacial score (nSPS) is 13.9. The minimum absolute atomic E-state index is 0. The molecule has 0 radical (unpaired) electrons. The highest BCUT2D eigenvalue weighted by Gasteiger charge is 2.22. The van der Waals surface area contributed by atoms with Gasteiger partial charge in [-0.2, -0.15) is 0 Å². The number of hydrogen-bond donors (Lipinski definition) is 1. The lowest BCUT2D eigenvalue weighted by Crippen LogP contribution is -2.37. The summed E-state index contributed by atoms with van der Waals surface area (Å²) >= 11 is 0. The number of benzene rings is 1. The number of rotatable bonds is 2. The van der Waals surface area contributed by atoms with Crippen molar-refractivity contribution in [1.82, 2.24) is 15.0 Å². The van der Waals surface area contributed by atoms with Crippen LogP contribution in [0.25, 0.3) is 33.6 Å². The fourth-order valence-corrected chi connectivity index (χ4v) is 3.26. The van der Waals surface area contributed by atoms with Crippen molar-refractivity contribution in [2.75, 3.05) is 36.9 Å². The van der Waals surface area contributed by atoms with Gasteiger partial charge in [-0.05, 0) is 24.3 Å². The Balaban J connectivity index is 0.00000112. The molecule has 146 valence electrons. The van der Waals surface area contributed by atoms with Crippen molar-refractivity contribution >= 4 is 58.5 Å². The molecule has 0 aliphatic carbocycles. The molecule has 0 amide bonds. The predicted molar refractivity (Wildman–Crippen MR) is 114 cm³/mol. The lowest BCUT2D eigenvalue weighted by Gasteiger charge is -2.27. The van der Waals surface area contributed by atoms with Gasteiger partial charge in [-0.3, -0.25) is 0 Å². The molecule has 4 aromatic rings. The molecule has 0 atom stereocenters. The van der Waals surface area contributed by atoms with E-state index < -0.39 is 0 Å². The van der Waals surface area contributed by atoms with Crippen LogP contribution < -0.4 is 10.6 Å². The number of nitrogens with two attached hydrogens (primary N) is 1. The molecule has 1 aliphatic rings. The SMILES string of the molecule is Cl.Cl.Nc1cccc(-c2nc(N3CCOCC3)c3oc4ncccc4c3n2)c1. The molecule has 28 heavy (non-hydrogen) atoms. The fraction of sp³-hybridized carbons (Fsp3) is 0.211. The highest BCUT2D eigenvalue weighted by molar-refractivity contribution is 6.05. The number of ether oxygens (including phenoxy) is 1. The fourth-order valence-electron chi connectivity index (χ4n) is 3.26. The molecule has 1 aliphatic heterocycles. The van der Waals surface area contributed by atoms with Crippen LogP contribution in [-0.2, 0) is 4.74 Å². The molecular formula is C19H19Cl2N5O2. The third-order valence-corrected chi connectivity index (χ3v) is 4.53. The largest absolute Gasteiger partial charge is 0.432 e. The van der Waals surface area contributed by atoms with Crippen LogP contribution in [0.1, 0.15) is 0 Å². The number of nitrogens with zero attached hydrogens (tertiary/aromatic N) is 4. The predicted octanol–water partition coefficient (Wildman–Crippen LogP) is 3.70. The summed E-state index contributed by atoms with van der Waals surface area (Å²) in [5, 5.41) is 0.879. The van der Waals surface area contributed by atoms with Crippen molar-refractivity contribution in [2.45, 2.75) is 0 Å². The van der Waals surface area contributed by atoms with Gasteiger partial charge < -0.3 is 19.8 Å². The second-order valence-corrected chi connectivity index (χ2v) is 6.23. The highest BCUT2D eigenvalue weighted by Crippen LogP contribution is 2.34. The Labute approximate surface area is 173 Å². The number of hydrogen-bond acceptors (Lipinski definition) is 7. The van der Waals surface area contributed by atoms with Gasteiger partial charge in [0.1, 0.15) is 5.52 Å². The molecule has 3 aromatic heterocycles. The minimum atomic E-state index is 0. The van der Waals surface area contributed by atoms with Gasteiger partial charge in [0.15, 0.2) is 17.2 Å². The first-order chi connectivity index (χ1) is 12.8. The van der Waals surface area contributed by atoms with Crippen LogP contribution in [-0.4, -0.2) is 41.3 Å². The molecule has 1 saturated heterocycles. The van der Waals surface area contributed by atoms with Crippen LogP contribution in [0.4, 0.5) is 11.5 Å². The van der Waals surface area contributed by atoms with Crippen LogP contribution in [0.2, 0.25) is 0 Å². The lowest BCUT2D eigenvalue weighted by molar-refractivity contribution is 0.122. The van der Waals surface area contributed by atoms with Crippen molar-refractivity contribution in [3.05, 3.63) is 42.6 Å². The molecule has 1 aromatic carbocycles. The van der Waals surface area contributed by atoms with E-state index in [4.69, 9.17) is 24.9 Å². The number of furan rings is 1. The Morgan fingerprint density at radius 1 is 1.00 bits per heavy atom. The molecule has 0 unspecified atom stereocenters. The van der Waals surface area contributed by atoms with Gasteiger partial charge in [0.25, 0.3) is 0 Å². The van der Waals surface area contributed by atoms with Gasteiger partial charge in [-0.1, -0.05) is 12.1 Å². The zero-order valence-corrected chi connectivity index (χ0v) is 16.5.